The monoisotopic (exact) mass is 872 g/mol. The van der Waals surface area contributed by atoms with Gasteiger partial charge in [-0.1, -0.05) is 85.0 Å². The second-order valence-electron chi connectivity index (χ2n) is 14.3. The van der Waals surface area contributed by atoms with E-state index >= 15 is 0 Å². The van der Waals surface area contributed by atoms with E-state index in [0.717, 1.165) is 90.5 Å². The van der Waals surface area contributed by atoms with E-state index in [4.69, 9.17) is 14.7 Å². The molecule has 7 rings (SSSR count). The molecule has 2 aliphatic heterocycles. The number of aromatic nitrogens is 6. The number of aryl methyl sites for hydroxylation is 1. The van der Waals surface area contributed by atoms with Crippen LogP contribution in [0.25, 0.3) is 33.6 Å². The topological polar surface area (TPSA) is 157 Å². The molecule has 2 saturated heterocycles. The quantitative estimate of drug-likeness (QED) is 0.0711. The van der Waals surface area contributed by atoms with Gasteiger partial charge in [0.25, 0.3) is 5.91 Å². The largest absolute Gasteiger partial charge is 0.453 e. The van der Waals surface area contributed by atoms with Gasteiger partial charge in [-0.25, -0.2) is 19.7 Å². The second kappa shape index (κ2) is 17.4. The number of carbonyl (C=O) groups is 3. The predicted molar refractivity (Wildman–Crippen MR) is 221 cm³/mol. The van der Waals surface area contributed by atoms with Crippen LogP contribution in [0.4, 0.5) is 4.79 Å². The SMILES string of the molecule is CCN(CC)[C@H](I)C(=O)N1CCC[C@H]1c1ncc(-c2ccc(-c3ccc(-c4cnc([C@@H]5CCCN5C(=O)[C@H](Cc5cncn5C)NC(=O)OC)[nH]4)cc3)cc2)[nH]1. The molecule has 15 heteroatoms. The van der Waals surface area contributed by atoms with Crippen molar-refractivity contribution in [3.05, 3.63) is 90.8 Å². The summed E-state index contributed by atoms with van der Waals surface area (Å²) < 4.78 is 6.48. The van der Waals surface area contributed by atoms with Crippen molar-refractivity contribution in [2.75, 3.05) is 33.3 Å². The minimum absolute atomic E-state index is 0.0436. The smallest absolute Gasteiger partial charge is 0.407 e. The molecule has 0 aliphatic carbocycles. The number of halogens is 1. The number of likely N-dealkylation sites (tertiary alicyclic amines) is 2. The van der Waals surface area contributed by atoms with Crippen molar-refractivity contribution in [1.29, 1.82) is 0 Å². The van der Waals surface area contributed by atoms with E-state index < -0.39 is 12.1 Å². The average Bonchev–Trinajstić information content (AvgIpc) is 4.08. The number of carbonyl (C=O) groups excluding carboxylic acids is 3. The third-order valence-electron chi connectivity index (χ3n) is 11.1. The van der Waals surface area contributed by atoms with Crippen molar-refractivity contribution in [2.45, 2.75) is 68.1 Å². The Bertz CT molecular complexity index is 2120. The van der Waals surface area contributed by atoms with Crippen LogP contribution in [0.15, 0.2) is 73.4 Å². The van der Waals surface area contributed by atoms with Crippen LogP contribution in [0, 0.1) is 0 Å². The molecule has 4 atom stereocenters. The van der Waals surface area contributed by atoms with Gasteiger partial charge < -0.3 is 34.4 Å². The van der Waals surface area contributed by atoms with Crippen LogP contribution >= 0.6 is 22.6 Å². The highest BCUT2D eigenvalue weighted by atomic mass is 127. The number of imidazole rings is 3. The van der Waals surface area contributed by atoms with Crippen molar-refractivity contribution >= 4 is 40.5 Å². The fraction of sp³-hybridized carbons (Fsp3) is 0.415. The van der Waals surface area contributed by atoms with Gasteiger partial charge in [0.2, 0.25) is 5.91 Å². The van der Waals surface area contributed by atoms with E-state index in [1.165, 1.54) is 7.11 Å². The van der Waals surface area contributed by atoms with Crippen molar-refractivity contribution in [2.24, 2.45) is 7.05 Å². The van der Waals surface area contributed by atoms with Gasteiger partial charge in [0.05, 0.1) is 49.3 Å². The molecule has 3 aromatic heterocycles. The molecule has 0 bridgehead atoms. The Hall–Kier alpha value is -5.03. The lowest BCUT2D eigenvalue weighted by atomic mass is 10.0. The molecule has 56 heavy (non-hydrogen) atoms. The molecule has 14 nitrogen and oxygen atoms in total. The summed E-state index contributed by atoms with van der Waals surface area (Å²) in [6.07, 6.45) is 10.1. The zero-order valence-corrected chi connectivity index (χ0v) is 34.4. The number of H-pyrrole nitrogens is 2. The highest BCUT2D eigenvalue weighted by Gasteiger charge is 2.38. The number of ether oxygens (including phenoxy) is 1. The Morgan fingerprint density at radius 1 is 0.821 bits per heavy atom. The molecule has 2 aliphatic rings. The average molecular weight is 873 g/mol. The fourth-order valence-corrected chi connectivity index (χ4v) is 8.99. The molecular formula is C41H49IN10O4. The third-order valence-corrected chi connectivity index (χ3v) is 12.4. The Balaban J connectivity index is 1.00. The zero-order chi connectivity index (χ0) is 39.3. The molecule has 5 aromatic rings. The number of hydrogen-bond donors (Lipinski definition) is 3. The molecule has 0 radical (unpaired) electrons. The normalized spacial score (nSPS) is 18.0. The highest BCUT2D eigenvalue weighted by molar-refractivity contribution is 14.1. The number of likely N-dealkylation sites (N-methyl/N-ethyl adjacent to an activating group) is 1. The van der Waals surface area contributed by atoms with Crippen LogP contribution in [0.3, 0.4) is 0 Å². The van der Waals surface area contributed by atoms with Crippen molar-refractivity contribution in [3.8, 4) is 33.6 Å². The first-order chi connectivity index (χ1) is 27.2. The molecule has 0 unspecified atom stereocenters. The van der Waals surface area contributed by atoms with E-state index in [-0.39, 0.29) is 34.4 Å². The summed E-state index contributed by atoms with van der Waals surface area (Å²) in [5.41, 5.74) is 6.79. The molecule has 3 N–H and O–H groups in total. The summed E-state index contributed by atoms with van der Waals surface area (Å²) in [7, 11) is 3.14. The summed E-state index contributed by atoms with van der Waals surface area (Å²) >= 11 is 2.27. The first-order valence-corrected chi connectivity index (χ1v) is 20.5. The molecule has 5 heterocycles. The summed E-state index contributed by atoms with van der Waals surface area (Å²) in [5.74, 6) is 1.52. The molecule has 0 spiro atoms. The molecule has 294 valence electrons. The van der Waals surface area contributed by atoms with Gasteiger partial charge in [-0.15, -0.1) is 0 Å². The van der Waals surface area contributed by atoms with Crippen molar-refractivity contribution in [1.82, 2.24) is 49.5 Å². The lowest BCUT2D eigenvalue weighted by Crippen LogP contribution is -2.49. The zero-order valence-electron chi connectivity index (χ0n) is 32.2. The van der Waals surface area contributed by atoms with Crippen LogP contribution < -0.4 is 5.32 Å². The Labute approximate surface area is 340 Å². The van der Waals surface area contributed by atoms with E-state index in [9.17, 15) is 14.4 Å². The standard InChI is InChI=1S/C41H49IN10O4/c1-5-50(6-2)36(42)40(54)52-20-8-10-35(52)38-45-24-33(47-38)29-17-13-27(14-18-29)26-11-15-28(16-12-26)32-23-44-37(46-32)34-9-7-19-51(34)39(53)31(48-41(55)56-4)21-30-22-43-25-49(30)3/h11-18,22-25,31,34-36H,5-10,19-21H2,1-4H3,(H,44,46)(H,45,47)(H,48,55)/t31-,34-,35-,36-/m0/s1. The summed E-state index contributed by atoms with van der Waals surface area (Å²) in [6.45, 7) is 7.17. The number of alkyl halides is 1. The number of amides is 3. The molecule has 2 fully saturated rings. The van der Waals surface area contributed by atoms with Gasteiger partial charge in [0, 0.05) is 38.4 Å². The maximum absolute atomic E-state index is 13.9. The fourth-order valence-electron chi connectivity index (χ4n) is 7.85. The van der Waals surface area contributed by atoms with Gasteiger partial charge in [-0.05, 0) is 61.0 Å². The van der Waals surface area contributed by atoms with E-state index in [0.29, 0.717) is 12.4 Å². The van der Waals surface area contributed by atoms with Crippen molar-refractivity contribution < 1.29 is 19.1 Å². The number of methoxy groups -OCH3 is 1. The van der Waals surface area contributed by atoms with Gasteiger partial charge in [-0.2, -0.15) is 0 Å². The van der Waals surface area contributed by atoms with Crippen LogP contribution in [-0.2, 0) is 27.8 Å². The number of alkyl carbamates (subject to hydrolysis) is 1. The van der Waals surface area contributed by atoms with Crippen LogP contribution in [0.1, 0.15) is 69.0 Å². The first-order valence-electron chi connectivity index (χ1n) is 19.3. The number of nitrogens with one attached hydrogen (secondary N) is 3. The lowest BCUT2D eigenvalue weighted by molar-refractivity contribution is -0.135. The minimum Gasteiger partial charge on any atom is -0.453 e. The maximum Gasteiger partial charge on any atom is 0.407 e. The number of nitrogens with zero attached hydrogens (tertiary/aromatic N) is 7. The van der Waals surface area contributed by atoms with Gasteiger partial charge in [0.15, 0.2) is 0 Å². The van der Waals surface area contributed by atoms with Crippen molar-refractivity contribution in [3.63, 3.8) is 0 Å². The van der Waals surface area contributed by atoms with E-state index in [1.54, 1.807) is 17.4 Å². The van der Waals surface area contributed by atoms with Gasteiger partial charge in [0.1, 0.15) is 21.7 Å². The first kappa shape index (κ1) is 39.2. The Morgan fingerprint density at radius 2 is 1.32 bits per heavy atom. The summed E-state index contributed by atoms with van der Waals surface area (Å²) in [6, 6.07) is 15.6. The molecule has 0 saturated carbocycles. The number of hydrogen-bond acceptors (Lipinski definition) is 8. The van der Waals surface area contributed by atoms with Gasteiger partial charge >= 0.3 is 6.09 Å². The highest BCUT2D eigenvalue weighted by Crippen LogP contribution is 2.35. The second-order valence-corrected chi connectivity index (χ2v) is 15.5. The third kappa shape index (κ3) is 8.24. The van der Waals surface area contributed by atoms with Gasteiger partial charge in [-0.3, -0.25) is 14.5 Å². The lowest BCUT2D eigenvalue weighted by Gasteiger charge is -2.30. The Kier molecular flexibility index (Phi) is 12.2. The van der Waals surface area contributed by atoms with Crippen LogP contribution in [0.2, 0.25) is 0 Å². The van der Waals surface area contributed by atoms with E-state index in [2.05, 4.69) is 110 Å². The molecular weight excluding hydrogens is 823 g/mol. The van der Waals surface area contributed by atoms with Crippen LogP contribution in [-0.4, -0.2) is 105 Å². The number of benzene rings is 2. The minimum atomic E-state index is -0.808. The molecule has 2 aromatic carbocycles. The maximum atomic E-state index is 13.9. The van der Waals surface area contributed by atoms with E-state index in [1.807, 2.05) is 28.9 Å². The van der Waals surface area contributed by atoms with Crippen LogP contribution in [0.5, 0.6) is 0 Å². The number of rotatable bonds is 13. The molecule has 3 amide bonds. The number of aromatic amines is 2. The Morgan fingerprint density at radius 3 is 1.79 bits per heavy atom. The predicted octanol–water partition coefficient (Wildman–Crippen LogP) is 6.26. The summed E-state index contributed by atoms with van der Waals surface area (Å²) in [4.78, 5) is 66.1. The summed E-state index contributed by atoms with van der Waals surface area (Å²) in [5, 5.41) is 2.73.